The summed E-state index contributed by atoms with van der Waals surface area (Å²) in [6.07, 6.45) is 5.33. The highest BCUT2D eigenvalue weighted by Crippen LogP contribution is 2.30. The highest BCUT2D eigenvalue weighted by molar-refractivity contribution is 7.91. The quantitative estimate of drug-likeness (QED) is 0.507. The number of hydrogen-bond donors (Lipinski definition) is 0. The molecular weight excluding hydrogens is 408 g/mol. The molecule has 0 spiro atoms. The maximum Gasteiger partial charge on any atom is 0.271 e. The molecule has 154 valence electrons. The Kier molecular flexibility index (Phi) is 6.44. The molecule has 0 N–H and O–H groups in total. The molecule has 10 heteroatoms. The average molecular weight is 431 g/mol. The van der Waals surface area contributed by atoms with Gasteiger partial charge in [-0.1, -0.05) is 30.9 Å². The summed E-state index contributed by atoms with van der Waals surface area (Å²) in [7, 11) is -3.12. The molecule has 28 heavy (non-hydrogen) atoms. The zero-order valence-corrected chi connectivity index (χ0v) is 17.0. The van der Waals surface area contributed by atoms with Crippen LogP contribution in [0.15, 0.2) is 18.2 Å². The predicted molar refractivity (Wildman–Crippen MR) is 104 cm³/mol. The molecule has 1 aromatic rings. The van der Waals surface area contributed by atoms with Crippen molar-refractivity contribution in [1.29, 1.82) is 0 Å². The zero-order valence-electron chi connectivity index (χ0n) is 15.4. The van der Waals surface area contributed by atoms with Crippen molar-refractivity contribution < 1.29 is 22.9 Å². The van der Waals surface area contributed by atoms with Crippen molar-refractivity contribution in [2.24, 2.45) is 0 Å². The molecule has 0 radical (unpaired) electrons. The molecule has 8 nitrogen and oxygen atoms in total. The van der Waals surface area contributed by atoms with E-state index in [9.17, 15) is 23.3 Å². The number of rotatable bonds is 6. The molecule has 1 aliphatic carbocycles. The van der Waals surface area contributed by atoms with Crippen molar-refractivity contribution in [1.82, 2.24) is 4.90 Å². The summed E-state index contributed by atoms with van der Waals surface area (Å²) in [5, 5.41) is 10.8. The van der Waals surface area contributed by atoms with Gasteiger partial charge in [-0.05, 0) is 25.3 Å². The van der Waals surface area contributed by atoms with Crippen LogP contribution >= 0.6 is 11.6 Å². The second-order valence-electron chi connectivity index (χ2n) is 7.31. The molecule has 0 aromatic heterocycles. The Morgan fingerprint density at radius 3 is 2.50 bits per heavy atom. The number of carbonyl (C=O) groups is 1. The highest BCUT2D eigenvalue weighted by Gasteiger charge is 2.38. The molecule has 1 saturated heterocycles. The first kappa shape index (κ1) is 20.9. The van der Waals surface area contributed by atoms with Crippen LogP contribution < -0.4 is 4.74 Å². The number of sulfone groups is 1. The number of nitro groups is 1. The van der Waals surface area contributed by atoms with E-state index in [1.54, 1.807) is 4.90 Å². The number of non-ortho nitro benzene ring substituents is 1. The molecular formula is C18H23ClN2O6S. The number of amides is 1. The fraction of sp³-hybridized carbons (Fsp3) is 0.611. The third-order valence-corrected chi connectivity index (χ3v) is 7.38. The molecule has 2 aliphatic rings. The molecule has 1 aliphatic heterocycles. The van der Waals surface area contributed by atoms with Crippen molar-refractivity contribution in [3.63, 3.8) is 0 Å². The Morgan fingerprint density at radius 1 is 1.21 bits per heavy atom. The van der Waals surface area contributed by atoms with E-state index in [0.717, 1.165) is 32.1 Å². The number of nitro benzene ring substituents is 1. The topological polar surface area (TPSA) is 107 Å². The minimum atomic E-state index is -3.12. The molecule has 1 aromatic carbocycles. The summed E-state index contributed by atoms with van der Waals surface area (Å²) in [6.45, 7) is -0.287. The molecule has 1 heterocycles. The van der Waals surface area contributed by atoms with Gasteiger partial charge in [0.05, 0.1) is 21.5 Å². The van der Waals surface area contributed by atoms with Crippen molar-refractivity contribution in [2.45, 2.75) is 50.6 Å². The lowest BCUT2D eigenvalue weighted by atomic mass is 9.93. The smallest absolute Gasteiger partial charge is 0.271 e. The van der Waals surface area contributed by atoms with Crippen molar-refractivity contribution in [3.8, 4) is 5.75 Å². The largest absolute Gasteiger partial charge is 0.482 e. The Bertz CT molecular complexity index is 854. The maximum atomic E-state index is 13.0. The molecule has 0 unspecified atom stereocenters. The first-order valence-electron chi connectivity index (χ1n) is 9.35. The third-order valence-electron chi connectivity index (χ3n) is 5.34. The Labute approximate surface area is 168 Å². The third kappa shape index (κ3) is 4.94. The van der Waals surface area contributed by atoms with Crippen LogP contribution in [0.1, 0.15) is 38.5 Å². The van der Waals surface area contributed by atoms with Gasteiger partial charge >= 0.3 is 0 Å². The Balaban J connectivity index is 1.71. The average Bonchev–Trinajstić information content (AvgIpc) is 3.01. The van der Waals surface area contributed by atoms with Gasteiger partial charge in [-0.25, -0.2) is 8.42 Å². The van der Waals surface area contributed by atoms with E-state index < -0.39 is 14.8 Å². The van der Waals surface area contributed by atoms with Crippen molar-refractivity contribution >= 4 is 33.0 Å². The van der Waals surface area contributed by atoms with Crippen molar-refractivity contribution in [2.75, 3.05) is 18.1 Å². The van der Waals surface area contributed by atoms with Gasteiger partial charge in [-0.15, -0.1) is 0 Å². The molecule has 1 atom stereocenters. The van der Waals surface area contributed by atoms with E-state index >= 15 is 0 Å². The number of hydrogen-bond acceptors (Lipinski definition) is 6. The van der Waals surface area contributed by atoms with Gasteiger partial charge in [0.2, 0.25) is 0 Å². The molecule has 2 fully saturated rings. The maximum absolute atomic E-state index is 13.0. The molecule has 0 bridgehead atoms. The number of benzene rings is 1. The van der Waals surface area contributed by atoms with Gasteiger partial charge in [0.15, 0.2) is 16.4 Å². The Morgan fingerprint density at radius 2 is 1.93 bits per heavy atom. The van der Waals surface area contributed by atoms with Crippen LogP contribution in [-0.4, -0.2) is 54.3 Å². The fourth-order valence-corrected chi connectivity index (χ4v) is 5.93. The summed E-state index contributed by atoms with van der Waals surface area (Å²) in [5.41, 5.74) is -0.163. The lowest BCUT2D eigenvalue weighted by Crippen LogP contribution is -2.50. The minimum absolute atomic E-state index is 0.00642. The lowest BCUT2D eigenvalue weighted by Gasteiger charge is -2.38. The van der Waals surface area contributed by atoms with E-state index in [1.165, 1.54) is 18.2 Å². The summed E-state index contributed by atoms with van der Waals surface area (Å²) >= 11 is 6.02. The molecule has 1 amide bonds. The monoisotopic (exact) mass is 430 g/mol. The number of halogens is 1. The first-order valence-corrected chi connectivity index (χ1v) is 11.5. The number of ether oxygens (including phenoxy) is 1. The van der Waals surface area contributed by atoms with Gasteiger partial charge in [0.25, 0.3) is 11.6 Å². The summed E-state index contributed by atoms with van der Waals surface area (Å²) in [5.74, 6) is 0.00294. The van der Waals surface area contributed by atoms with E-state index in [1.807, 2.05) is 0 Å². The van der Waals surface area contributed by atoms with Gasteiger partial charge in [-0.3, -0.25) is 14.9 Å². The van der Waals surface area contributed by atoms with E-state index in [4.69, 9.17) is 16.3 Å². The zero-order chi connectivity index (χ0) is 20.3. The normalized spacial score (nSPS) is 22.0. The summed E-state index contributed by atoms with van der Waals surface area (Å²) < 4.78 is 29.4. The summed E-state index contributed by atoms with van der Waals surface area (Å²) in [4.78, 5) is 24.9. The van der Waals surface area contributed by atoms with E-state index in [0.29, 0.717) is 6.42 Å². The molecule has 3 rings (SSSR count). The van der Waals surface area contributed by atoms with Gasteiger partial charge in [-0.2, -0.15) is 0 Å². The van der Waals surface area contributed by atoms with Crippen LogP contribution in [0.4, 0.5) is 5.69 Å². The predicted octanol–water partition coefficient (Wildman–Crippen LogP) is 2.98. The second-order valence-corrected chi connectivity index (χ2v) is 9.95. The first-order chi connectivity index (χ1) is 13.3. The molecule has 1 saturated carbocycles. The van der Waals surface area contributed by atoms with Crippen LogP contribution in [0, 0.1) is 10.1 Å². The van der Waals surface area contributed by atoms with E-state index in [-0.39, 0.29) is 52.6 Å². The Hall–Kier alpha value is -1.87. The summed E-state index contributed by atoms with van der Waals surface area (Å²) in [6, 6.07) is 3.49. The van der Waals surface area contributed by atoms with E-state index in [2.05, 4.69) is 0 Å². The number of nitrogens with zero attached hydrogens (tertiary/aromatic N) is 2. The van der Waals surface area contributed by atoms with Gasteiger partial charge in [0, 0.05) is 24.2 Å². The van der Waals surface area contributed by atoms with Gasteiger partial charge in [0.1, 0.15) is 5.75 Å². The second kappa shape index (κ2) is 8.65. The minimum Gasteiger partial charge on any atom is -0.482 e. The van der Waals surface area contributed by atoms with Gasteiger partial charge < -0.3 is 9.64 Å². The SMILES string of the molecule is O=C(COc1ccc([N+](=O)[O-])cc1Cl)N(C1CCCCC1)[C@@H]1CCS(=O)(=O)C1. The van der Waals surface area contributed by atoms with Crippen LogP contribution in [-0.2, 0) is 14.6 Å². The highest BCUT2D eigenvalue weighted by atomic mass is 35.5. The van der Waals surface area contributed by atoms with Crippen LogP contribution in [0.2, 0.25) is 5.02 Å². The van der Waals surface area contributed by atoms with Crippen LogP contribution in [0.25, 0.3) is 0 Å². The lowest BCUT2D eigenvalue weighted by molar-refractivity contribution is -0.384. The van der Waals surface area contributed by atoms with Crippen LogP contribution in [0.3, 0.4) is 0 Å². The van der Waals surface area contributed by atoms with Crippen molar-refractivity contribution in [3.05, 3.63) is 33.3 Å². The van der Waals surface area contributed by atoms with Crippen LogP contribution in [0.5, 0.6) is 5.75 Å². The standard InChI is InChI=1S/C18H23ClN2O6S/c19-16-10-14(21(23)24)6-7-17(16)27-11-18(22)20(13-4-2-1-3-5-13)15-8-9-28(25,26)12-15/h6-7,10,13,15H,1-5,8-9,11-12H2/t15-/m1/s1. The number of carbonyl (C=O) groups excluding carboxylic acids is 1. The fourth-order valence-electron chi connectivity index (χ4n) is 3.99.